The summed E-state index contributed by atoms with van der Waals surface area (Å²) < 4.78 is 85.6. The van der Waals surface area contributed by atoms with Crippen LogP contribution in [0.25, 0.3) is 5.69 Å². The summed E-state index contributed by atoms with van der Waals surface area (Å²) in [4.78, 5) is 4.39. The molecule has 2 heterocycles. The third kappa shape index (κ3) is 5.93. The molecular weight excluding hydrogens is 558 g/mol. The predicted octanol–water partition coefficient (Wildman–Crippen LogP) is 7.07. The van der Waals surface area contributed by atoms with E-state index in [0.29, 0.717) is 10.2 Å². The summed E-state index contributed by atoms with van der Waals surface area (Å²) in [5.41, 5.74) is -3.52. The number of para-hydroxylation sites is 1. The van der Waals surface area contributed by atoms with E-state index < -0.39 is 40.9 Å². The molecule has 0 aliphatic rings. The third-order valence-corrected chi connectivity index (χ3v) is 6.84. The number of alkyl halides is 6. The second-order valence-electron chi connectivity index (χ2n) is 9.60. The molecule has 0 aliphatic carbocycles. The Balaban J connectivity index is 1.71. The maximum atomic E-state index is 14.5. The molecule has 42 heavy (non-hydrogen) atoms. The molecule has 2 atom stereocenters. The van der Waals surface area contributed by atoms with Crippen molar-refractivity contribution < 1.29 is 31.4 Å². The zero-order valence-corrected chi connectivity index (χ0v) is 21.8. The highest BCUT2D eigenvalue weighted by Gasteiger charge is 2.44. The van der Waals surface area contributed by atoms with Gasteiger partial charge in [0.2, 0.25) is 0 Å². The van der Waals surface area contributed by atoms with E-state index >= 15 is 0 Å². The van der Waals surface area contributed by atoms with Crippen LogP contribution in [-0.2, 0) is 24.3 Å². The maximum absolute atomic E-state index is 14.5. The van der Waals surface area contributed by atoms with Crippen LogP contribution < -0.4 is 5.32 Å². The van der Waals surface area contributed by atoms with Crippen LogP contribution in [0.1, 0.15) is 39.9 Å². The first-order valence-corrected chi connectivity index (χ1v) is 12.8. The number of aromatic nitrogens is 3. The number of halogens is 6. The van der Waals surface area contributed by atoms with E-state index in [1.165, 1.54) is 30.5 Å². The molecule has 2 unspecified atom stereocenters. The Bertz CT molecular complexity index is 1620. The first-order valence-electron chi connectivity index (χ1n) is 12.8. The van der Waals surface area contributed by atoms with Crippen molar-refractivity contribution in [2.45, 2.75) is 30.5 Å². The summed E-state index contributed by atoms with van der Waals surface area (Å²) in [5.74, 6) is 0. The fraction of sp³-hybridized carbons (Fsp3) is 0.161. The van der Waals surface area contributed by atoms with E-state index in [9.17, 15) is 31.4 Å². The normalized spacial score (nSPS) is 14.4. The highest BCUT2D eigenvalue weighted by molar-refractivity contribution is 5.42. The van der Waals surface area contributed by atoms with Crippen molar-refractivity contribution >= 4 is 0 Å². The topological polar surface area (TPSA) is 63.0 Å². The number of aliphatic hydroxyl groups excluding tert-OH is 1. The van der Waals surface area contributed by atoms with Gasteiger partial charge in [-0.2, -0.15) is 31.4 Å². The van der Waals surface area contributed by atoms with E-state index in [1.54, 1.807) is 66.7 Å². The van der Waals surface area contributed by atoms with Crippen molar-refractivity contribution in [2.24, 2.45) is 0 Å². The van der Waals surface area contributed by atoms with Crippen molar-refractivity contribution in [3.8, 4) is 5.69 Å². The molecule has 216 valence electrons. The fourth-order valence-corrected chi connectivity index (χ4v) is 4.95. The summed E-state index contributed by atoms with van der Waals surface area (Å²) in [6, 6.07) is 25.5. The number of rotatable bonds is 8. The monoisotopic (exact) mass is 582 g/mol. The Morgan fingerprint density at radius 1 is 0.738 bits per heavy atom. The Kier molecular flexibility index (Phi) is 7.89. The van der Waals surface area contributed by atoms with Crippen molar-refractivity contribution in [1.82, 2.24) is 20.1 Å². The van der Waals surface area contributed by atoms with Gasteiger partial charge in [0, 0.05) is 18.2 Å². The van der Waals surface area contributed by atoms with Crippen molar-refractivity contribution in [3.05, 3.63) is 149 Å². The number of pyridine rings is 1. The molecule has 11 heteroatoms. The standard InChI is InChI=1S/C31H24F6N4O/c32-30(33,34)23-13-9-12-22(18-23)29(26-16-7-8-17-38-26,19-21-10-3-1-4-11-21)40-28(42)25-20-39-41(27(25)31(35,36)37)24-14-5-2-6-15-24/h1-18,20,28,40,42H,19H2. The molecule has 2 aromatic heterocycles. The summed E-state index contributed by atoms with van der Waals surface area (Å²) in [7, 11) is 0. The minimum atomic E-state index is -4.94. The summed E-state index contributed by atoms with van der Waals surface area (Å²) in [6.07, 6.45) is -9.40. The largest absolute Gasteiger partial charge is 0.433 e. The molecule has 0 aliphatic heterocycles. The summed E-state index contributed by atoms with van der Waals surface area (Å²) in [5, 5.41) is 18.2. The smallest absolute Gasteiger partial charge is 0.374 e. The van der Waals surface area contributed by atoms with Crippen LogP contribution in [0.15, 0.2) is 116 Å². The Morgan fingerprint density at radius 2 is 1.38 bits per heavy atom. The van der Waals surface area contributed by atoms with Gasteiger partial charge in [0.05, 0.1) is 28.7 Å². The van der Waals surface area contributed by atoms with Gasteiger partial charge in [0.15, 0.2) is 5.69 Å². The van der Waals surface area contributed by atoms with Gasteiger partial charge in [-0.15, -0.1) is 0 Å². The van der Waals surface area contributed by atoms with E-state index in [1.807, 2.05) is 0 Å². The molecule has 0 fully saturated rings. The van der Waals surface area contributed by atoms with E-state index in [-0.39, 0.29) is 23.4 Å². The molecule has 0 saturated heterocycles. The second-order valence-corrected chi connectivity index (χ2v) is 9.60. The lowest BCUT2D eigenvalue weighted by molar-refractivity contribution is -0.144. The Hall–Kier alpha value is -4.48. The third-order valence-electron chi connectivity index (χ3n) is 6.84. The quantitative estimate of drug-likeness (QED) is 0.152. The van der Waals surface area contributed by atoms with Crippen LogP contribution in [0.2, 0.25) is 0 Å². The minimum absolute atomic E-state index is 0.0444. The zero-order valence-electron chi connectivity index (χ0n) is 21.8. The van der Waals surface area contributed by atoms with Gasteiger partial charge in [0.25, 0.3) is 0 Å². The van der Waals surface area contributed by atoms with Crippen LogP contribution in [0.4, 0.5) is 26.3 Å². The summed E-state index contributed by atoms with van der Waals surface area (Å²) in [6.45, 7) is 0. The lowest BCUT2D eigenvalue weighted by Crippen LogP contribution is -2.48. The highest BCUT2D eigenvalue weighted by atomic mass is 19.4. The number of nitrogens with one attached hydrogen (secondary N) is 1. The summed E-state index contributed by atoms with van der Waals surface area (Å²) >= 11 is 0. The van der Waals surface area contributed by atoms with Crippen LogP contribution in [0, 0.1) is 0 Å². The average molecular weight is 583 g/mol. The van der Waals surface area contributed by atoms with Gasteiger partial charge in [-0.3, -0.25) is 10.3 Å². The number of nitrogens with zero attached hydrogens (tertiary/aromatic N) is 3. The lowest BCUT2D eigenvalue weighted by Gasteiger charge is -2.38. The SMILES string of the molecule is OC(NC(Cc1ccccc1)(c1cccc(C(F)(F)F)c1)c1ccccn1)c1cnn(-c2ccccc2)c1C(F)(F)F. The number of benzene rings is 3. The Morgan fingerprint density at radius 3 is 2.00 bits per heavy atom. The molecule has 0 saturated carbocycles. The Labute approximate surface area is 237 Å². The van der Waals surface area contributed by atoms with Crippen molar-refractivity contribution in [3.63, 3.8) is 0 Å². The van der Waals surface area contributed by atoms with Gasteiger partial charge in [0.1, 0.15) is 6.23 Å². The van der Waals surface area contributed by atoms with Crippen LogP contribution in [0.5, 0.6) is 0 Å². The highest BCUT2D eigenvalue weighted by Crippen LogP contribution is 2.40. The van der Waals surface area contributed by atoms with Gasteiger partial charge in [-0.1, -0.05) is 66.7 Å². The van der Waals surface area contributed by atoms with Gasteiger partial charge in [-0.05, 0) is 47.5 Å². The molecule has 5 nitrogen and oxygen atoms in total. The van der Waals surface area contributed by atoms with Gasteiger partial charge in [-0.25, -0.2) is 4.68 Å². The first kappa shape index (κ1) is 29.0. The number of hydrogen-bond acceptors (Lipinski definition) is 4. The first-order chi connectivity index (χ1) is 20.0. The molecule has 2 N–H and O–H groups in total. The molecule has 0 amide bonds. The minimum Gasteiger partial charge on any atom is -0.374 e. The molecule has 0 bridgehead atoms. The lowest BCUT2D eigenvalue weighted by atomic mass is 9.79. The number of aliphatic hydroxyl groups is 1. The number of hydrogen-bond donors (Lipinski definition) is 2. The molecular formula is C31H24F6N4O. The molecule has 0 spiro atoms. The molecule has 5 rings (SSSR count). The maximum Gasteiger partial charge on any atom is 0.433 e. The molecule has 0 radical (unpaired) electrons. The average Bonchev–Trinajstić information content (AvgIpc) is 3.45. The van der Waals surface area contributed by atoms with Crippen molar-refractivity contribution in [1.29, 1.82) is 0 Å². The van der Waals surface area contributed by atoms with Crippen LogP contribution in [-0.4, -0.2) is 19.9 Å². The molecule has 5 aromatic rings. The predicted molar refractivity (Wildman–Crippen MR) is 143 cm³/mol. The van der Waals surface area contributed by atoms with Crippen LogP contribution in [0.3, 0.4) is 0 Å². The van der Waals surface area contributed by atoms with Crippen molar-refractivity contribution in [2.75, 3.05) is 0 Å². The molecule has 3 aromatic carbocycles. The fourth-order valence-electron chi connectivity index (χ4n) is 4.95. The van der Waals surface area contributed by atoms with E-state index in [0.717, 1.165) is 18.3 Å². The van der Waals surface area contributed by atoms with Gasteiger partial charge < -0.3 is 5.11 Å². The van der Waals surface area contributed by atoms with E-state index in [4.69, 9.17) is 0 Å². The zero-order chi connectivity index (χ0) is 30.0. The van der Waals surface area contributed by atoms with Crippen LogP contribution >= 0.6 is 0 Å². The van der Waals surface area contributed by atoms with Gasteiger partial charge >= 0.3 is 12.4 Å². The van der Waals surface area contributed by atoms with E-state index in [2.05, 4.69) is 15.4 Å². The second kappa shape index (κ2) is 11.4.